The monoisotopic (exact) mass is 396 g/mol. The highest BCUT2D eigenvalue weighted by Crippen LogP contribution is 2.28. The summed E-state index contributed by atoms with van der Waals surface area (Å²) in [5, 5.41) is 15.6. The Hall–Kier alpha value is -2.44. The lowest BCUT2D eigenvalue weighted by Crippen LogP contribution is -2.40. The summed E-state index contributed by atoms with van der Waals surface area (Å²) in [6.45, 7) is 1.99. The minimum Gasteiger partial charge on any atom is -0.507 e. The first-order valence-electron chi connectivity index (χ1n) is 7.84. The van der Waals surface area contributed by atoms with Gasteiger partial charge in [0.05, 0.1) is 10.6 Å². The highest BCUT2D eigenvalue weighted by molar-refractivity contribution is 6.35. The first-order valence-corrected chi connectivity index (χ1v) is 8.59. The fraction of sp³-hybridized carbons (Fsp3) is 0.222. The van der Waals surface area contributed by atoms with Crippen LogP contribution in [0, 0.1) is 0 Å². The first kappa shape index (κ1) is 19.9. The number of hydrogen-bond donors (Lipinski definition) is 3. The van der Waals surface area contributed by atoms with Crippen molar-refractivity contribution >= 4 is 35.0 Å². The summed E-state index contributed by atoms with van der Waals surface area (Å²) < 4.78 is 5.50. The van der Waals surface area contributed by atoms with Gasteiger partial charge in [0.25, 0.3) is 11.8 Å². The van der Waals surface area contributed by atoms with Crippen LogP contribution in [0.2, 0.25) is 10.0 Å². The summed E-state index contributed by atoms with van der Waals surface area (Å²) in [5.41, 5.74) is 0.174. The molecule has 0 spiro atoms. The zero-order valence-corrected chi connectivity index (χ0v) is 15.5. The molecule has 0 saturated carbocycles. The highest BCUT2D eigenvalue weighted by Gasteiger charge is 2.16. The average molecular weight is 397 g/mol. The van der Waals surface area contributed by atoms with Crippen molar-refractivity contribution in [2.24, 2.45) is 0 Å². The molecule has 0 fully saturated rings. The molecule has 0 aromatic heterocycles. The summed E-state index contributed by atoms with van der Waals surface area (Å²) in [6.07, 6.45) is -0.775. The number of rotatable bonds is 7. The van der Waals surface area contributed by atoms with E-state index in [1.807, 2.05) is 0 Å². The Balaban J connectivity index is 1.76. The maximum Gasteiger partial charge on any atom is 0.260 e. The SMILES string of the molecule is CC(Oc1ccc(Cl)cc1Cl)C(=O)NCCNC(=O)c1ccccc1O. The molecule has 3 N–H and O–H groups in total. The molecule has 0 aliphatic carbocycles. The zero-order valence-electron chi connectivity index (χ0n) is 14.0. The molecule has 0 saturated heterocycles. The third kappa shape index (κ3) is 5.54. The van der Waals surface area contributed by atoms with Crippen LogP contribution in [0.5, 0.6) is 11.5 Å². The fourth-order valence-corrected chi connectivity index (χ4v) is 2.53. The van der Waals surface area contributed by atoms with Gasteiger partial charge in [-0.15, -0.1) is 0 Å². The predicted octanol–water partition coefficient (Wildman–Crippen LogP) is 3.01. The summed E-state index contributed by atoms with van der Waals surface area (Å²) in [6, 6.07) is 10.9. The number of carbonyl (C=O) groups is 2. The molecule has 0 heterocycles. The third-order valence-electron chi connectivity index (χ3n) is 3.43. The van der Waals surface area contributed by atoms with Crippen LogP contribution < -0.4 is 15.4 Å². The predicted molar refractivity (Wildman–Crippen MR) is 100 cm³/mol. The van der Waals surface area contributed by atoms with Crippen LogP contribution in [0.3, 0.4) is 0 Å². The Morgan fingerprint density at radius 2 is 1.81 bits per heavy atom. The molecule has 2 aromatic rings. The number of phenolic OH excluding ortho intramolecular Hbond substituents is 1. The van der Waals surface area contributed by atoms with Gasteiger partial charge in [0, 0.05) is 18.1 Å². The summed E-state index contributed by atoms with van der Waals surface area (Å²) in [7, 11) is 0. The Morgan fingerprint density at radius 1 is 1.12 bits per heavy atom. The molecule has 138 valence electrons. The van der Waals surface area contributed by atoms with Gasteiger partial charge in [-0.3, -0.25) is 9.59 Å². The topological polar surface area (TPSA) is 87.7 Å². The molecule has 2 aromatic carbocycles. The lowest BCUT2D eigenvalue weighted by atomic mass is 10.2. The van der Waals surface area contributed by atoms with E-state index in [-0.39, 0.29) is 30.3 Å². The minimum absolute atomic E-state index is 0.101. The van der Waals surface area contributed by atoms with Crippen LogP contribution in [0.25, 0.3) is 0 Å². The quantitative estimate of drug-likeness (QED) is 0.627. The van der Waals surface area contributed by atoms with Crippen molar-refractivity contribution in [3.63, 3.8) is 0 Å². The number of para-hydroxylation sites is 1. The molecule has 0 aliphatic heterocycles. The Labute approximate surface area is 161 Å². The van der Waals surface area contributed by atoms with E-state index >= 15 is 0 Å². The summed E-state index contributed by atoms with van der Waals surface area (Å²) in [5.74, 6) is -0.523. The van der Waals surface area contributed by atoms with E-state index in [9.17, 15) is 14.7 Å². The van der Waals surface area contributed by atoms with Gasteiger partial charge in [-0.2, -0.15) is 0 Å². The number of amides is 2. The number of halogens is 2. The van der Waals surface area contributed by atoms with E-state index in [1.165, 1.54) is 18.2 Å². The van der Waals surface area contributed by atoms with Gasteiger partial charge >= 0.3 is 0 Å². The Kier molecular flexibility index (Phi) is 7.12. The largest absolute Gasteiger partial charge is 0.507 e. The second-order valence-electron chi connectivity index (χ2n) is 5.40. The lowest BCUT2D eigenvalue weighted by molar-refractivity contribution is -0.127. The standard InChI is InChI=1S/C18H18Cl2N2O4/c1-11(26-16-7-6-12(19)10-14(16)20)17(24)21-8-9-22-18(25)13-4-2-3-5-15(13)23/h2-7,10-11,23H,8-9H2,1H3,(H,21,24)(H,22,25). The minimum atomic E-state index is -0.775. The number of ether oxygens (including phenoxy) is 1. The normalized spacial score (nSPS) is 11.5. The van der Waals surface area contributed by atoms with Crippen molar-refractivity contribution in [1.29, 1.82) is 0 Å². The summed E-state index contributed by atoms with van der Waals surface area (Å²) >= 11 is 11.8. The molecule has 2 amide bonds. The Bertz CT molecular complexity index is 799. The van der Waals surface area contributed by atoms with Gasteiger partial charge in [-0.05, 0) is 37.3 Å². The van der Waals surface area contributed by atoms with Crippen molar-refractivity contribution < 1.29 is 19.4 Å². The highest BCUT2D eigenvalue weighted by atomic mass is 35.5. The molecule has 0 aliphatic rings. The number of carbonyl (C=O) groups excluding carboxylic acids is 2. The van der Waals surface area contributed by atoms with Crippen molar-refractivity contribution in [3.8, 4) is 11.5 Å². The maximum atomic E-state index is 12.0. The van der Waals surface area contributed by atoms with Crippen LogP contribution in [-0.4, -0.2) is 36.1 Å². The number of phenols is 1. The summed E-state index contributed by atoms with van der Waals surface area (Å²) in [4.78, 5) is 24.0. The molecule has 6 nitrogen and oxygen atoms in total. The zero-order chi connectivity index (χ0) is 19.1. The van der Waals surface area contributed by atoms with Gasteiger partial charge in [0.1, 0.15) is 11.5 Å². The molecule has 1 unspecified atom stereocenters. The second kappa shape index (κ2) is 9.31. The van der Waals surface area contributed by atoms with E-state index in [4.69, 9.17) is 27.9 Å². The van der Waals surface area contributed by atoms with Crippen LogP contribution in [0.4, 0.5) is 0 Å². The van der Waals surface area contributed by atoms with Crippen LogP contribution in [-0.2, 0) is 4.79 Å². The van der Waals surface area contributed by atoms with E-state index in [2.05, 4.69) is 10.6 Å². The van der Waals surface area contributed by atoms with Gasteiger partial charge in [-0.25, -0.2) is 0 Å². The molecule has 26 heavy (non-hydrogen) atoms. The molecule has 8 heteroatoms. The van der Waals surface area contributed by atoms with E-state index in [0.29, 0.717) is 15.8 Å². The average Bonchev–Trinajstić information content (AvgIpc) is 2.61. The van der Waals surface area contributed by atoms with Gasteiger partial charge in [-0.1, -0.05) is 35.3 Å². The Morgan fingerprint density at radius 3 is 2.50 bits per heavy atom. The second-order valence-corrected chi connectivity index (χ2v) is 6.24. The van der Waals surface area contributed by atoms with E-state index < -0.39 is 12.0 Å². The number of benzene rings is 2. The van der Waals surface area contributed by atoms with Gasteiger partial charge < -0.3 is 20.5 Å². The van der Waals surface area contributed by atoms with Crippen molar-refractivity contribution in [2.45, 2.75) is 13.0 Å². The maximum absolute atomic E-state index is 12.0. The number of aromatic hydroxyl groups is 1. The first-order chi connectivity index (χ1) is 12.4. The molecular weight excluding hydrogens is 379 g/mol. The number of hydrogen-bond acceptors (Lipinski definition) is 4. The smallest absolute Gasteiger partial charge is 0.260 e. The van der Waals surface area contributed by atoms with Crippen LogP contribution >= 0.6 is 23.2 Å². The molecule has 0 radical (unpaired) electrons. The lowest BCUT2D eigenvalue weighted by Gasteiger charge is -2.16. The number of nitrogens with one attached hydrogen (secondary N) is 2. The van der Waals surface area contributed by atoms with Crippen molar-refractivity contribution in [3.05, 3.63) is 58.1 Å². The van der Waals surface area contributed by atoms with Gasteiger partial charge in [0.2, 0.25) is 0 Å². The third-order valence-corrected chi connectivity index (χ3v) is 3.96. The molecule has 2 rings (SSSR count). The molecule has 1 atom stereocenters. The van der Waals surface area contributed by atoms with E-state index in [1.54, 1.807) is 31.2 Å². The van der Waals surface area contributed by atoms with Crippen molar-refractivity contribution in [2.75, 3.05) is 13.1 Å². The van der Waals surface area contributed by atoms with Crippen LogP contribution in [0.1, 0.15) is 17.3 Å². The van der Waals surface area contributed by atoms with Crippen molar-refractivity contribution in [1.82, 2.24) is 10.6 Å². The molecular formula is C18H18Cl2N2O4. The molecule has 0 bridgehead atoms. The van der Waals surface area contributed by atoms with Gasteiger partial charge in [0.15, 0.2) is 6.10 Å². The van der Waals surface area contributed by atoms with Crippen LogP contribution in [0.15, 0.2) is 42.5 Å². The fourth-order valence-electron chi connectivity index (χ4n) is 2.08. The van der Waals surface area contributed by atoms with E-state index in [0.717, 1.165) is 0 Å².